The van der Waals surface area contributed by atoms with E-state index in [-0.39, 0.29) is 0 Å². The minimum atomic E-state index is 0.810. The van der Waals surface area contributed by atoms with Gasteiger partial charge < -0.3 is 4.90 Å². The number of hydrogen-bond acceptors (Lipinski definition) is 2. The molecule has 1 aromatic carbocycles. The van der Waals surface area contributed by atoms with Gasteiger partial charge in [-0.2, -0.15) is 0 Å². The third-order valence-electron chi connectivity index (χ3n) is 4.11. The molecule has 2 unspecified atom stereocenters. The normalized spacial score (nSPS) is 29.0. The van der Waals surface area contributed by atoms with Crippen molar-refractivity contribution in [2.75, 3.05) is 24.5 Å². The molecule has 2 nitrogen and oxygen atoms in total. The molecular weight excluding hydrogens is 196 g/mol. The van der Waals surface area contributed by atoms with E-state index in [9.17, 15) is 0 Å². The van der Waals surface area contributed by atoms with Gasteiger partial charge in [0.05, 0.1) is 0 Å². The Hall–Kier alpha value is -1.02. The van der Waals surface area contributed by atoms with Gasteiger partial charge in [0.25, 0.3) is 0 Å². The molecule has 3 aliphatic heterocycles. The highest BCUT2D eigenvalue weighted by atomic mass is 15.4. The van der Waals surface area contributed by atoms with Crippen LogP contribution in [0.1, 0.15) is 18.9 Å². The summed E-state index contributed by atoms with van der Waals surface area (Å²) < 4.78 is 0. The molecule has 2 heteroatoms. The van der Waals surface area contributed by atoms with Crippen molar-refractivity contribution in [3.8, 4) is 0 Å². The van der Waals surface area contributed by atoms with Crippen LogP contribution in [0.4, 0.5) is 5.69 Å². The van der Waals surface area contributed by atoms with E-state index in [2.05, 4.69) is 47.9 Å². The van der Waals surface area contributed by atoms with Crippen LogP contribution in [0.2, 0.25) is 0 Å². The molecule has 0 saturated carbocycles. The molecule has 3 aliphatic rings. The number of likely N-dealkylation sites (N-methyl/N-ethyl adjacent to an activating group) is 1. The van der Waals surface area contributed by atoms with Gasteiger partial charge in [-0.15, -0.1) is 0 Å². The number of anilines is 1. The first-order valence-corrected chi connectivity index (χ1v) is 6.35. The van der Waals surface area contributed by atoms with Crippen molar-refractivity contribution in [2.24, 2.45) is 0 Å². The average molecular weight is 216 g/mol. The van der Waals surface area contributed by atoms with Gasteiger partial charge >= 0.3 is 0 Å². The molecule has 2 bridgehead atoms. The second kappa shape index (κ2) is 3.77. The minimum absolute atomic E-state index is 0.810. The van der Waals surface area contributed by atoms with Gasteiger partial charge in [-0.25, -0.2) is 0 Å². The van der Waals surface area contributed by atoms with E-state index in [0.717, 1.165) is 12.1 Å². The van der Waals surface area contributed by atoms with Crippen LogP contribution in [0.3, 0.4) is 0 Å². The fraction of sp³-hybridized carbons (Fsp3) is 0.571. The average Bonchev–Trinajstić information content (AvgIpc) is 2.30. The molecule has 3 saturated heterocycles. The summed E-state index contributed by atoms with van der Waals surface area (Å²) in [4.78, 5) is 5.19. The molecule has 0 aromatic heterocycles. The lowest BCUT2D eigenvalue weighted by Crippen LogP contribution is -2.68. The molecule has 3 heterocycles. The van der Waals surface area contributed by atoms with Gasteiger partial charge in [0.1, 0.15) is 0 Å². The summed E-state index contributed by atoms with van der Waals surface area (Å²) in [6.07, 6.45) is 1.41. The minimum Gasteiger partial charge on any atom is -0.368 e. The Morgan fingerprint density at radius 1 is 1.12 bits per heavy atom. The van der Waals surface area contributed by atoms with Crippen LogP contribution in [0.25, 0.3) is 0 Å². The van der Waals surface area contributed by atoms with Crippen molar-refractivity contribution in [2.45, 2.75) is 32.4 Å². The third kappa shape index (κ3) is 1.52. The first-order chi connectivity index (χ1) is 7.78. The zero-order valence-electron chi connectivity index (χ0n) is 10.2. The van der Waals surface area contributed by atoms with Gasteiger partial charge in [0, 0.05) is 30.9 Å². The van der Waals surface area contributed by atoms with E-state index in [1.165, 1.54) is 37.3 Å². The van der Waals surface area contributed by atoms with Crippen molar-refractivity contribution in [1.29, 1.82) is 0 Å². The smallest absolute Gasteiger partial charge is 0.0367 e. The second-order valence-corrected chi connectivity index (χ2v) is 5.11. The molecule has 0 amide bonds. The molecule has 0 radical (unpaired) electrons. The second-order valence-electron chi connectivity index (χ2n) is 5.11. The quantitative estimate of drug-likeness (QED) is 0.748. The van der Waals surface area contributed by atoms with Crippen LogP contribution in [-0.2, 0) is 0 Å². The van der Waals surface area contributed by atoms with Gasteiger partial charge in [-0.3, -0.25) is 4.90 Å². The highest BCUT2D eigenvalue weighted by Crippen LogP contribution is 2.34. The maximum atomic E-state index is 2.64. The Bertz CT molecular complexity index is 359. The molecule has 0 aliphatic carbocycles. The Balaban J connectivity index is 1.73. The van der Waals surface area contributed by atoms with E-state index in [4.69, 9.17) is 0 Å². The number of hydrogen-bond donors (Lipinski definition) is 0. The SMILES string of the molecule is CCN1C2CC1CN(c1ccc(C)cc1)C2. The molecule has 2 atom stereocenters. The molecule has 16 heavy (non-hydrogen) atoms. The summed E-state index contributed by atoms with van der Waals surface area (Å²) in [6.45, 7) is 8.08. The summed E-state index contributed by atoms with van der Waals surface area (Å²) in [5.74, 6) is 0. The predicted octanol–water partition coefficient (Wildman–Crippen LogP) is 2.28. The molecule has 86 valence electrons. The van der Waals surface area contributed by atoms with Crippen LogP contribution in [0.15, 0.2) is 24.3 Å². The standard InChI is InChI=1S/C14H20N2/c1-3-16-13-8-14(16)10-15(9-13)12-6-4-11(2)5-7-12/h4-7,13-14H,3,8-10H2,1-2H3. The molecule has 1 aromatic rings. The first kappa shape index (κ1) is 10.2. The van der Waals surface area contributed by atoms with E-state index in [1.54, 1.807) is 0 Å². The topological polar surface area (TPSA) is 6.48 Å². The van der Waals surface area contributed by atoms with Gasteiger partial charge in [-0.1, -0.05) is 24.6 Å². The van der Waals surface area contributed by atoms with Crippen LogP contribution in [0, 0.1) is 6.92 Å². The fourth-order valence-electron chi connectivity index (χ4n) is 3.17. The number of piperidine rings is 1. The first-order valence-electron chi connectivity index (χ1n) is 6.35. The van der Waals surface area contributed by atoms with Crippen LogP contribution in [0.5, 0.6) is 0 Å². The zero-order valence-corrected chi connectivity index (χ0v) is 10.2. The lowest BCUT2D eigenvalue weighted by molar-refractivity contribution is 0.00465. The maximum Gasteiger partial charge on any atom is 0.0367 e. The van der Waals surface area contributed by atoms with Crippen LogP contribution >= 0.6 is 0 Å². The van der Waals surface area contributed by atoms with E-state index in [1.807, 2.05) is 0 Å². The Morgan fingerprint density at radius 3 is 2.31 bits per heavy atom. The fourth-order valence-corrected chi connectivity index (χ4v) is 3.17. The summed E-state index contributed by atoms with van der Waals surface area (Å²) in [5.41, 5.74) is 2.75. The third-order valence-corrected chi connectivity index (χ3v) is 4.11. The van der Waals surface area contributed by atoms with E-state index in [0.29, 0.717) is 0 Å². The van der Waals surface area contributed by atoms with Gasteiger partial charge in [0.2, 0.25) is 0 Å². The molecule has 4 rings (SSSR count). The summed E-state index contributed by atoms with van der Waals surface area (Å²) >= 11 is 0. The number of benzene rings is 1. The van der Waals surface area contributed by atoms with Crippen molar-refractivity contribution in [1.82, 2.24) is 4.90 Å². The van der Waals surface area contributed by atoms with Crippen molar-refractivity contribution >= 4 is 5.69 Å². The number of nitrogens with zero attached hydrogens (tertiary/aromatic N) is 2. The lowest BCUT2D eigenvalue weighted by Gasteiger charge is -2.56. The van der Waals surface area contributed by atoms with Crippen molar-refractivity contribution in [3.63, 3.8) is 0 Å². The van der Waals surface area contributed by atoms with Gasteiger partial charge in [0.15, 0.2) is 0 Å². The Morgan fingerprint density at radius 2 is 1.75 bits per heavy atom. The molecule has 3 fully saturated rings. The highest BCUT2D eigenvalue weighted by molar-refractivity contribution is 5.49. The Labute approximate surface area is 97.9 Å². The number of fused-ring (bicyclic) bond motifs is 2. The highest BCUT2D eigenvalue weighted by Gasteiger charge is 2.43. The Kier molecular flexibility index (Phi) is 2.40. The summed E-state index contributed by atoms with van der Waals surface area (Å²) in [6, 6.07) is 10.6. The van der Waals surface area contributed by atoms with Crippen LogP contribution in [-0.4, -0.2) is 36.6 Å². The lowest BCUT2D eigenvalue weighted by atomic mass is 9.87. The number of rotatable bonds is 2. The molecule has 0 N–H and O–H groups in total. The summed E-state index contributed by atoms with van der Waals surface area (Å²) in [7, 11) is 0. The van der Waals surface area contributed by atoms with Crippen LogP contribution < -0.4 is 4.90 Å². The maximum absolute atomic E-state index is 2.64. The van der Waals surface area contributed by atoms with E-state index < -0.39 is 0 Å². The number of aryl methyl sites for hydroxylation is 1. The summed E-state index contributed by atoms with van der Waals surface area (Å²) in [5, 5.41) is 0. The largest absolute Gasteiger partial charge is 0.368 e. The number of piperazine rings is 1. The van der Waals surface area contributed by atoms with Crippen molar-refractivity contribution < 1.29 is 0 Å². The monoisotopic (exact) mass is 216 g/mol. The molecule has 0 spiro atoms. The zero-order chi connectivity index (χ0) is 11.1. The van der Waals surface area contributed by atoms with Crippen molar-refractivity contribution in [3.05, 3.63) is 29.8 Å². The van der Waals surface area contributed by atoms with Gasteiger partial charge in [-0.05, 0) is 32.0 Å². The molecular formula is C14H20N2. The predicted molar refractivity (Wildman–Crippen MR) is 68.0 cm³/mol. The van der Waals surface area contributed by atoms with E-state index >= 15 is 0 Å².